The summed E-state index contributed by atoms with van der Waals surface area (Å²) in [5.41, 5.74) is 2.81. The number of ether oxygens (including phenoxy) is 2. The minimum absolute atomic E-state index is 0.268. The molecule has 1 aliphatic carbocycles. The summed E-state index contributed by atoms with van der Waals surface area (Å²) in [5.74, 6) is -1.20. The Balaban J connectivity index is 1.69. The lowest BCUT2D eigenvalue weighted by molar-refractivity contribution is 0.102. The Morgan fingerprint density at radius 2 is 1.76 bits per heavy atom. The molecule has 0 unspecified atom stereocenters. The molecule has 0 fully saturated rings. The number of hydrogen-bond acceptors (Lipinski definition) is 4. The number of rotatable bonds is 5. The van der Waals surface area contributed by atoms with Gasteiger partial charge >= 0.3 is 0 Å². The fourth-order valence-corrected chi connectivity index (χ4v) is 3.52. The molecule has 4 rings (SSSR count). The molecule has 0 saturated carbocycles. The van der Waals surface area contributed by atoms with Gasteiger partial charge in [0.15, 0.2) is 17.3 Å². The van der Waals surface area contributed by atoms with Crippen LogP contribution in [0.4, 0.5) is 14.5 Å². The third-order valence-electron chi connectivity index (χ3n) is 4.90. The Labute approximate surface area is 166 Å². The number of hydrogen-bond donors (Lipinski definition) is 1. The van der Waals surface area contributed by atoms with E-state index in [1.165, 1.54) is 25.0 Å². The monoisotopic (exact) mass is 399 g/mol. The van der Waals surface area contributed by atoms with Crippen molar-refractivity contribution in [1.82, 2.24) is 9.78 Å². The molecular formula is C21H19F2N3O3. The van der Waals surface area contributed by atoms with Crippen LogP contribution in [0.1, 0.15) is 28.2 Å². The number of halogens is 2. The fourth-order valence-electron chi connectivity index (χ4n) is 3.52. The van der Waals surface area contributed by atoms with Crippen LogP contribution in [0.25, 0.3) is 5.69 Å². The predicted molar refractivity (Wildman–Crippen MR) is 103 cm³/mol. The standard InChI is InChI=1S/C21H19F2N3O3/c1-28-14-8-12(9-15(11-14)29-2)24-21(27)20-16-4-3-5-19(16)26(25-20)13-6-7-17(22)18(23)10-13/h6-11H,3-5H2,1-2H3,(H,24,27). The third-order valence-corrected chi connectivity index (χ3v) is 4.90. The molecule has 3 aromatic rings. The van der Waals surface area contributed by atoms with Crippen LogP contribution in [-0.2, 0) is 12.8 Å². The van der Waals surface area contributed by atoms with Gasteiger partial charge in [-0.2, -0.15) is 5.10 Å². The maximum Gasteiger partial charge on any atom is 0.276 e. The summed E-state index contributed by atoms with van der Waals surface area (Å²) in [6.07, 6.45) is 2.27. The van der Waals surface area contributed by atoms with Crippen molar-refractivity contribution >= 4 is 11.6 Å². The van der Waals surface area contributed by atoms with Crippen molar-refractivity contribution in [3.63, 3.8) is 0 Å². The Morgan fingerprint density at radius 1 is 1.03 bits per heavy atom. The maximum absolute atomic E-state index is 13.7. The van der Waals surface area contributed by atoms with Crippen LogP contribution in [0, 0.1) is 11.6 Å². The van der Waals surface area contributed by atoms with Crippen molar-refractivity contribution < 1.29 is 23.0 Å². The number of methoxy groups -OCH3 is 2. The first-order chi connectivity index (χ1) is 14.0. The number of anilines is 1. The summed E-state index contributed by atoms with van der Waals surface area (Å²) in [7, 11) is 3.05. The molecular weight excluding hydrogens is 380 g/mol. The average molecular weight is 399 g/mol. The summed E-state index contributed by atoms with van der Waals surface area (Å²) >= 11 is 0. The van der Waals surface area contributed by atoms with Crippen LogP contribution in [0.15, 0.2) is 36.4 Å². The lowest BCUT2D eigenvalue weighted by Crippen LogP contribution is -2.15. The van der Waals surface area contributed by atoms with E-state index < -0.39 is 11.6 Å². The summed E-state index contributed by atoms with van der Waals surface area (Å²) in [6.45, 7) is 0. The third kappa shape index (κ3) is 3.53. The summed E-state index contributed by atoms with van der Waals surface area (Å²) in [5, 5.41) is 7.22. The molecule has 0 spiro atoms. The smallest absolute Gasteiger partial charge is 0.276 e. The second kappa shape index (κ2) is 7.54. The zero-order valence-corrected chi connectivity index (χ0v) is 16.0. The van der Waals surface area contributed by atoms with E-state index in [0.717, 1.165) is 29.8 Å². The van der Waals surface area contributed by atoms with Gasteiger partial charge in [0.1, 0.15) is 11.5 Å². The molecule has 1 aromatic heterocycles. The van der Waals surface area contributed by atoms with Gasteiger partial charge in [0, 0.05) is 41.2 Å². The molecule has 1 amide bonds. The van der Waals surface area contributed by atoms with Crippen molar-refractivity contribution in [2.45, 2.75) is 19.3 Å². The van der Waals surface area contributed by atoms with E-state index in [4.69, 9.17) is 9.47 Å². The van der Waals surface area contributed by atoms with E-state index in [0.29, 0.717) is 35.7 Å². The van der Waals surface area contributed by atoms with Crippen molar-refractivity contribution in [3.8, 4) is 17.2 Å². The summed E-state index contributed by atoms with van der Waals surface area (Å²) in [6, 6.07) is 8.62. The van der Waals surface area contributed by atoms with Crippen molar-refractivity contribution in [1.29, 1.82) is 0 Å². The van der Waals surface area contributed by atoms with E-state index >= 15 is 0 Å². The molecule has 150 valence electrons. The largest absolute Gasteiger partial charge is 0.497 e. The second-order valence-electron chi connectivity index (χ2n) is 6.69. The van der Waals surface area contributed by atoms with Crippen molar-refractivity contribution in [2.75, 3.05) is 19.5 Å². The lowest BCUT2D eigenvalue weighted by atomic mass is 10.2. The lowest BCUT2D eigenvalue weighted by Gasteiger charge is -2.09. The van der Waals surface area contributed by atoms with Crippen LogP contribution < -0.4 is 14.8 Å². The highest BCUT2D eigenvalue weighted by atomic mass is 19.2. The van der Waals surface area contributed by atoms with Gasteiger partial charge in [-0.15, -0.1) is 0 Å². The van der Waals surface area contributed by atoms with Crippen LogP contribution in [0.2, 0.25) is 0 Å². The Kier molecular flexibility index (Phi) is 4.92. The van der Waals surface area contributed by atoms with Crippen molar-refractivity contribution in [2.24, 2.45) is 0 Å². The highest BCUT2D eigenvalue weighted by Crippen LogP contribution is 2.30. The second-order valence-corrected chi connectivity index (χ2v) is 6.69. The van der Waals surface area contributed by atoms with Gasteiger partial charge in [0.25, 0.3) is 5.91 Å². The van der Waals surface area contributed by atoms with Crippen molar-refractivity contribution in [3.05, 3.63) is 65.0 Å². The molecule has 0 aliphatic heterocycles. The van der Waals surface area contributed by atoms with Crippen LogP contribution in [0.5, 0.6) is 11.5 Å². The van der Waals surface area contributed by atoms with E-state index in [9.17, 15) is 13.6 Å². The molecule has 0 saturated heterocycles. The van der Waals surface area contributed by atoms with E-state index in [1.807, 2.05) is 0 Å². The van der Waals surface area contributed by atoms with Crippen LogP contribution in [-0.4, -0.2) is 29.9 Å². The number of carbonyl (C=O) groups is 1. The highest BCUT2D eigenvalue weighted by molar-refractivity contribution is 6.04. The first-order valence-electron chi connectivity index (χ1n) is 9.10. The van der Waals surface area contributed by atoms with Gasteiger partial charge in [-0.3, -0.25) is 4.79 Å². The first-order valence-corrected chi connectivity index (χ1v) is 9.10. The maximum atomic E-state index is 13.7. The van der Waals surface area contributed by atoms with Gasteiger partial charge < -0.3 is 14.8 Å². The first kappa shape index (κ1) is 18.9. The summed E-state index contributed by atoms with van der Waals surface area (Å²) in [4.78, 5) is 12.9. The summed E-state index contributed by atoms with van der Waals surface area (Å²) < 4.78 is 39.0. The number of nitrogens with zero attached hydrogens (tertiary/aromatic N) is 2. The molecule has 0 radical (unpaired) electrons. The number of amides is 1. The van der Waals surface area contributed by atoms with Gasteiger partial charge in [-0.1, -0.05) is 0 Å². The van der Waals surface area contributed by atoms with E-state index in [1.54, 1.807) is 18.2 Å². The number of benzene rings is 2. The van der Waals surface area contributed by atoms with Crippen LogP contribution in [0.3, 0.4) is 0 Å². The zero-order chi connectivity index (χ0) is 20.5. The average Bonchev–Trinajstić information content (AvgIpc) is 3.32. The quantitative estimate of drug-likeness (QED) is 0.707. The Morgan fingerprint density at radius 3 is 2.41 bits per heavy atom. The zero-order valence-electron chi connectivity index (χ0n) is 16.0. The number of fused-ring (bicyclic) bond motifs is 1. The fraction of sp³-hybridized carbons (Fsp3) is 0.238. The van der Waals surface area contributed by atoms with E-state index in [2.05, 4.69) is 10.4 Å². The number of nitrogens with one attached hydrogen (secondary N) is 1. The molecule has 6 nitrogen and oxygen atoms in total. The Hall–Kier alpha value is -3.42. The van der Waals surface area contributed by atoms with Gasteiger partial charge in [0.2, 0.25) is 0 Å². The Bertz CT molecular complexity index is 1070. The molecule has 0 atom stereocenters. The van der Waals surface area contributed by atoms with Crippen LogP contribution >= 0.6 is 0 Å². The molecule has 0 bridgehead atoms. The minimum Gasteiger partial charge on any atom is -0.497 e. The molecule has 29 heavy (non-hydrogen) atoms. The molecule has 2 aromatic carbocycles. The van der Waals surface area contributed by atoms with E-state index in [-0.39, 0.29) is 11.6 Å². The minimum atomic E-state index is -0.959. The normalized spacial score (nSPS) is 12.6. The van der Waals surface area contributed by atoms with Gasteiger partial charge in [-0.05, 0) is 31.4 Å². The SMILES string of the molecule is COc1cc(NC(=O)c2nn(-c3ccc(F)c(F)c3)c3c2CCC3)cc(OC)c1. The molecule has 8 heteroatoms. The predicted octanol–water partition coefficient (Wildman–Crippen LogP) is 3.91. The molecule has 1 aliphatic rings. The topological polar surface area (TPSA) is 65.4 Å². The van der Waals surface area contributed by atoms with Gasteiger partial charge in [-0.25, -0.2) is 13.5 Å². The van der Waals surface area contributed by atoms with Gasteiger partial charge in [0.05, 0.1) is 19.9 Å². The molecule has 1 heterocycles. The number of aromatic nitrogens is 2. The number of carbonyl (C=O) groups excluding carboxylic acids is 1. The molecule has 1 N–H and O–H groups in total. The highest BCUT2D eigenvalue weighted by Gasteiger charge is 2.27.